The molecule has 4 aromatic rings. The maximum atomic E-state index is 13.1. The number of carbonyl (C=O) groups excluding carboxylic acids is 2. The van der Waals surface area contributed by atoms with Crippen LogP contribution < -0.4 is 15.4 Å². The van der Waals surface area contributed by atoms with Crippen LogP contribution in [0.1, 0.15) is 50.2 Å². The van der Waals surface area contributed by atoms with E-state index in [0.717, 1.165) is 33.2 Å². The number of ether oxygens (including phenoxy) is 1. The highest BCUT2D eigenvalue weighted by molar-refractivity contribution is 6.32. The normalized spacial score (nSPS) is 10.9. The van der Waals surface area contributed by atoms with Crippen molar-refractivity contribution in [2.75, 3.05) is 10.6 Å². The first-order valence-electron chi connectivity index (χ1n) is 11.8. The molecule has 0 unspecified atom stereocenters. The van der Waals surface area contributed by atoms with Gasteiger partial charge in [-0.1, -0.05) is 23.7 Å². The van der Waals surface area contributed by atoms with Crippen molar-refractivity contribution in [3.63, 3.8) is 0 Å². The van der Waals surface area contributed by atoms with E-state index in [9.17, 15) is 9.59 Å². The SMILES string of the molecule is CCn1ncc(NC(=O)c2ccc(COc3cc(C)c(Cl)c(C)c3)cc2)c1C(=O)Nc1cnn(C)c1C. The Morgan fingerprint density at radius 2 is 1.57 bits per heavy atom. The van der Waals surface area contributed by atoms with Crippen molar-refractivity contribution in [3.05, 3.63) is 87.5 Å². The Labute approximate surface area is 220 Å². The van der Waals surface area contributed by atoms with Crippen molar-refractivity contribution >= 4 is 34.8 Å². The molecule has 0 aliphatic heterocycles. The fourth-order valence-corrected chi connectivity index (χ4v) is 3.97. The lowest BCUT2D eigenvalue weighted by molar-refractivity contribution is 0.101. The van der Waals surface area contributed by atoms with Crippen LogP contribution in [0.2, 0.25) is 5.02 Å². The molecule has 0 fully saturated rings. The molecule has 0 aliphatic carbocycles. The summed E-state index contributed by atoms with van der Waals surface area (Å²) < 4.78 is 9.11. The smallest absolute Gasteiger partial charge is 0.276 e. The molecule has 2 N–H and O–H groups in total. The number of anilines is 2. The zero-order chi connectivity index (χ0) is 26.7. The van der Waals surface area contributed by atoms with Gasteiger partial charge in [0.05, 0.1) is 29.5 Å². The summed E-state index contributed by atoms with van der Waals surface area (Å²) in [5, 5.41) is 14.8. The van der Waals surface area contributed by atoms with E-state index < -0.39 is 0 Å². The fraction of sp³-hybridized carbons (Fsp3) is 0.259. The summed E-state index contributed by atoms with van der Waals surface area (Å²) in [5.41, 5.74) is 5.26. The summed E-state index contributed by atoms with van der Waals surface area (Å²) in [7, 11) is 1.80. The van der Waals surface area contributed by atoms with Crippen molar-refractivity contribution in [2.45, 2.75) is 40.8 Å². The second-order valence-electron chi connectivity index (χ2n) is 8.75. The number of nitrogens with zero attached hydrogens (tertiary/aromatic N) is 4. The lowest BCUT2D eigenvalue weighted by Crippen LogP contribution is -2.21. The standard InChI is InChI=1S/C27H29ClN6O3/c1-6-34-25(27(36)31-22-13-29-33(5)18(22)4)23(14-30-34)32-26(35)20-9-7-19(8-10-20)15-37-21-11-16(2)24(28)17(3)12-21/h7-14H,6,15H2,1-5H3,(H,31,36)(H,32,35). The number of aryl methyl sites for hydroxylation is 4. The van der Waals surface area contributed by atoms with Gasteiger partial charge in [0.2, 0.25) is 0 Å². The highest BCUT2D eigenvalue weighted by Crippen LogP contribution is 2.26. The third-order valence-corrected chi connectivity index (χ3v) is 6.71. The number of halogens is 1. The predicted molar refractivity (Wildman–Crippen MR) is 143 cm³/mol. The highest BCUT2D eigenvalue weighted by Gasteiger charge is 2.21. The minimum absolute atomic E-state index is 0.262. The van der Waals surface area contributed by atoms with Crippen molar-refractivity contribution < 1.29 is 14.3 Å². The largest absolute Gasteiger partial charge is 0.489 e. The molecule has 0 bridgehead atoms. The Bertz CT molecular complexity index is 1430. The van der Waals surface area contributed by atoms with E-state index in [2.05, 4.69) is 20.8 Å². The number of benzene rings is 2. The second kappa shape index (κ2) is 10.9. The van der Waals surface area contributed by atoms with Crippen molar-refractivity contribution in [1.82, 2.24) is 19.6 Å². The molecule has 4 rings (SSSR count). The zero-order valence-corrected chi connectivity index (χ0v) is 22.2. The lowest BCUT2D eigenvalue weighted by atomic mass is 10.1. The maximum absolute atomic E-state index is 13.1. The summed E-state index contributed by atoms with van der Waals surface area (Å²) in [6.07, 6.45) is 3.06. The monoisotopic (exact) mass is 520 g/mol. The first-order chi connectivity index (χ1) is 17.7. The van der Waals surface area contributed by atoms with Gasteiger partial charge in [0.25, 0.3) is 11.8 Å². The summed E-state index contributed by atoms with van der Waals surface area (Å²) in [5.74, 6) is 0.00559. The van der Waals surface area contributed by atoms with Gasteiger partial charge >= 0.3 is 0 Å². The number of amides is 2. The van der Waals surface area contributed by atoms with E-state index in [1.807, 2.05) is 52.0 Å². The van der Waals surface area contributed by atoms with Crippen molar-refractivity contribution in [3.8, 4) is 5.75 Å². The summed E-state index contributed by atoms with van der Waals surface area (Å²) >= 11 is 6.23. The minimum atomic E-state index is -0.383. The quantitative estimate of drug-likeness (QED) is 0.328. The number of nitrogens with one attached hydrogen (secondary N) is 2. The van der Waals surface area contributed by atoms with Gasteiger partial charge in [-0.15, -0.1) is 0 Å². The molecule has 2 aromatic heterocycles. The average Bonchev–Trinajstić information content (AvgIpc) is 3.43. The van der Waals surface area contributed by atoms with Crippen LogP contribution in [-0.4, -0.2) is 31.4 Å². The van der Waals surface area contributed by atoms with Crippen LogP contribution in [0, 0.1) is 20.8 Å². The number of hydrogen-bond donors (Lipinski definition) is 2. The van der Waals surface area contributed by atoms with Gasteiger partial charge in [-0.2, -0.15) is 10.2 Å². The fourth-order valence-electron chi connectivity index (χ4n) is 3.86. The Morgan fingerprint density at radius 3 is 2.16 bits per heavy atom. The van der Waals surface area contributed by atoms with E-state index in [0.29, 0.717) is 30.1 Å². The van der Waals surface area contributed by atoms with Crippen LogP contribution in [0.25, 0.3) is 0 Å². The molecule has 9 nitrogen and oxygen atoms in total. The molecular formula is C27H29ClN6O3. The van der Waals surface area contributed by atoms with Gasteiger partial charge in [0.1, 0.15) is 18.1 Å². The molecule has 0 saturated carbocycles. The van der Waals surface area contributed by atoms with Crippen LogP contribution in [0.4, 0.5) is 11.4 Å². The molecule has 2 amide bonds. The van der Waals surface area contributed by atoms with Gasteiger partial charge < -0.3 is 15.4 Å². The highest BCUT2D eigenvalue weighted by atomic mass is 35.5. The van der Waals surface area contributed by atoms with Gasteiger partial charge in [0, 0.05) is 24.2 Å². The Kier molecular flexibility index (Phi) is 7.63. The molecule has 10 heteroatoms. The van der Waals surface area contributed by atoms with Gasteiger partial charge in [-0.3, -0.25) is 19.0 Å². The molecular weight excluding hydrogens is 492 g/mol. The van der Waals surface area contributed by atoms with E-state index in [4.69, 9.17) is 16.3 Å². The van der Waals surface area contributed by atoms with Crippen molar-refractivity contribution in [2.24, 2.45) is 7.05 Å². The average molecular weight is 521 g/mol. The third kappa shape index (κ3) is 5.67. The van der Waals surface area contributed by atoms with E-state index >= 15 is 0 Å². The first-order valence-corrected chi connectivity index (χ1v) is 12.2. The molecule has 0 spiro atoms. The van der Waals surface area contributed by atoms with Gasteiger partial charge in [-0.05, 0) is 68.7 Å². The Morgan fingerprint density at radius 1 is 0.946 bits per heavy atom. The lowest BCUT2D eigenvalue weighted by Gasteiger charge is -2.11. The molecule has 0 radical (unpaired) electrons. The molecule has 0 atom stereocenters. The summed E-state index contributed by atoms with van der Waals surface area (Å²) in [6, 6.07) is 10.9. The molecule has 192 valence electrons. The second-order valence-corrected chi connectivity index (χ2v) is 9.13. The summed E-state index contributed by atoms with van der Waals surface area (Å²) in [6.45, 7) is 8.42. The van der Waals surface area contributed by atoms with Crippen LogP contribution in [-0.2, 0) is 20.2 Å². The van der Waals surface area contributed by atoms with E-state index in [1.165, 1.54) is 10.9 Å². The van der Waals surface area contributed by atoms with Gasteiger partial charge in [-0.25, -0.2) is 0 Å². The first kappa shape index (κ1) is 26.0. The number of carbonyl (C=O) groups is 2. The zero-order valence-electron chi connectivity index (χ0n) is 21.4. The Hall–Kier alpha value is -4.11. The topological polar surface area (TPSA) is 103 Å². The molecule has 2 heterocycles. The van der Waals surface area contributed by atoms with Gasteiger partial charge in [0.15, 0.2) is 0 Å². The van der Waals surface area contributed by atoms with E-state index in [-0.39, 0.29) is 17.5 Å². The number of aromatic nitrogens is 4. The van der Waals surface area contributed by atoms with Crippen LogP contribution in [0.3, 0.4) is 0 Å². The van der Waals surface area contributed by atoms with Crippen LogP contribution in [0.15, 0.2) is 48.8 Å². The molecule has 2 aromatic carbocycles. The summed E-state index contributed by atoms with van der Waals surface area (Å²) in [4.78, 5) is 26.0. The van der Waals surface area contributed by atoms with Crippen LogP contribution in [0.5, 0.6) is 5.75 Å². The minimum Gasteiger partial charge on any atom is -0.489 e. The predicted octanol–water partition coefficient (Wildman–Crippen LogP) is 5.30. The maximum Gasteiger partial charge on any atom is 0.276 e. The van der Waals surface area contributed by atoms with Crippen molar-refractivity contribution in [1.29, 1.82) is 0 Å². The van der Waals surface area contributed by atoms with E-state index in [1.54, 1.807) is 30.1 Å². The van der Waals surface area contributed by atoms with Crippen LogP contribution >= 0.6 is 11.6 Å². The number of rotatable bonds is 8. The molecule has 37 heavy (non-hydrogen) atoms. The third-order valence-electron chi connectivity index (χ3n) is 6.12. The Balaban J connectivity index is 1.44. The number of hydrogen-bond acceptors (Lipinski definition) is 5. The molecule has 0 saturated heterocycles. The molecule has 0 aliphatic rings.